The van der Waals surface area contributed by atoms with Gasteiger partial charge in [-0.25, -0.2) is 0 Å². The average Bonchev–Trinajstić information content (AvgIpc) is 2.41. The van der Waals surface area contributed by atoms with Crippen LogP contribution in [-0.2, 0) is 6.42 Å². The molecule has 0 spiro atoms. The SMILES string of the molecule is CCCNCC(C)(Cc1cc(OC)ccc1Br)C(C)C. The molecule has 114 valence electrons. The minimum Gasteiger partial charge on any atom is -0.497 e. The van der Waals surface area contributed by atoms with Crippen molar-refractivity contribution in [2.45, 2.75) is 40.5 Å². The lowest BCUT2D eigenvalue weighted by molar-refractivity contribution is 0.207. The molecular weight excluding hydrogens is 314 g/mol. The first-order chi connectivity index (χ1) is 9.42. The molecule has 1 unspecified atom stereocenters. The molecule has 0 aliphatic carbocycles. The summed E-state index contributed by atoms with van der Waals surface area (Å²) in [7, 11) is 1.72. The summed E-state index contributed by atoms with van der Waals surface area (Å²) in [5.41, 5.74) is 1.56. The zero-order valence-electron chi connectivity index (χ0n) is 13.4. The van der Waals surface area contributed by atoms with Crippen LogP contribution >= 0.6 is 15.9 Å². The van der Waals surface area contributed by atoms with Gasteiger partial charge in [-0.15, -0.1) is 0 Å². The van der Waals surface area contributed by atoms with Gasteiger partial charge < -0.3 is 10.1 Å². The number of hydrogen-bond donors (Lipinski definition) is 1. The molecule has 0 aliphatic heterocycles. The van der Waals surface area contributed by atoms with Gasteiger partial charge in [-0.1, -0.05) is 43.6 Å². The van der Waals surface area contributed by atoms with E-state index in [0.717, 1.165) is 25.3 Å². The summed E-state index contributed by atoms with van der Waals surface area (Å²) < 4.78 is 6.51. The molecule has 1 N–H and O–H groups in total. The smallest absolute Gasteiger partial charge is 0.119 e. The van der Waals surface area contributed by atoms with Crippen LogP contribution in [0.15, 0.2) is 22.7 Å². The molecule has 20 heavy (non-hydrogen) atoms. The first kappa shape index (κ1) is 17.5. The Kier molecular flexibility index (Phi) is 7.04. The highest BCUT2D eigenvalue weighted by atomic mass is 79.9. The Balaban J connectivity index is 2.89. The molecular formula is C17H28BrNO. The van der Waals surface area contributed by atoms with Gasteiger partial charge in [-0.05, 0) is 54.5 Å². The minimum atomic E-state index is 0.240. The van der Waals surface area contributed by atoms with E-state index in [0.29, 0.717) is 5.92 Å². The van der Waals surface area contributed by atoms with Gasteiger partial charge in [0.15, 0.2) is 0 Å². The summed E-state index contributed by atoms with van der Waals surface area (Å²) in [5, 5.41) is 3.58. The molecule has 0 amide bonds. The fraction of sp³-hybridized carbons (Fsp3) is 0.647. The second-order valence-corrected chi connectivity index (χ2v) is 6.97. The van der Waals surface area contributed by atoms with Crippen LogP contribution < -0.4 is 10.1 Å². The van der Waals surface area contributed by atoms with Crippen LogP contribution in [0.3, 0.4) is 0 Å². The summed E-state index contributed by atoms with van der Waals surface area (Å²) in [5.74, 6) is 1.54. The van der Waals surface area contributed by atoms with Crippen LogP contribution in [-0.4, -0.2) is 20.2 Å². The maximum absolute atomic E-state index is 5.35. The number of methoxy groups -OCH3 is 1. The number of nitrogens with one attached hydrogen (secondary N) is 1. The normalized spacial score (nSPS) is 14.3. The standard InChI is InChI=1S/C17H28BrNO/c1-6-9-19-12-17(4,13(2)3)11-14-10-15(20-5)7-8-16(14)18/h7-8,10,13,19H,6,9,11-12H2,1-5H3. The molecule has 1 aromatic carbocycles. The van der Waals surface area contributed by atoms with Crippen molar-refractivity contribution in [1.82, 2.24) is 5.32 Å². The Labute approximate surface area is 132 Å². The number of halogens is 1. The topological polar surface area (TPSA) is 21.3 Å². The third kappa shape index (κ3) is 4.78. The van der Waals surface area contributed by atoms with E-state index in [-0.39, 0.29) is 5.41 Å². The van der Waals surface area contributed by atoms with Gasteiger partial charge >= 0.3 is 0 Å². The van der Waals surface area contributed by atoms with E-state index >= 15 is 0 Å². The van der Waals surface area contributed by atoms with Crippen molar-refractivity contribution in [3.8, 4) is 5.75 Å². The molecule has 1 atom stereocenters. The maximum Gasteiger partial charge on any atom is 0.119 e. The largest absolute Gasteiger partial charge is 0.497 e. The Morgan fingerprint density at radius 3 is 2.60 bits per heavy atom. The van der Waals surface area contributed by atoms with E-state index in [1.165, 1.54) is 16.5 Å². The van der Waals surface area contributed by atoms with Gasteiger partial charge in [0, 0.05) is 11.0 Å². The summed E-state index contributed by atoms with van der Waals surface area (Å²) in [6, 6.07) is 6.22. The lowest BCUT2D eigenvalue weighted by Gasteiger charge is -2.35. The lowest BCUT2D eigenvalue weighted by atomic mass is 9.74. The molecule has 2 nitrogen and oxygen atoms in total. The average molecular weight is 342 g/mol. The van der Waals surface area contributed by atoms with Gasteiger partial charge in [-0.3, -0.25) is 0 Å². The Hall–Kier alpha value is -0.540. The highest BCUT2D eigenvalue weighted by Crippen LogP contribution is 2.34. The maximum atomic E-state index is 5.35. The third-order valence-corrected chi connectivity index (χ3v) is 4.97. The fourth-order valence-corrected chi connectivity index (χ4v) is 2.66. The summed E-state index contributed by atoms with van der Waals surface area (Å²) in [6.07, 6.45) is 2.22. The highest BCUT2D eigenvalue weighted by Gasteiger charge is 2.29. The summed E-state index contributed by atoms with van der Waals surface area (Å²) in [4.78, 5) is 0. The van der Waals surface area contributed by atoms with Crippen molar-refractivity contribution in [3.63, 3.8) is 0 Å². The van der Waals surface area contributed by atoms with Crippen molar-refractivity contribution < 1.29 is 4.74 Å². The van der Waals surface area contributed by atoms with Gasteiger partial charge in [0.1, 0.15) is 5.75 Å². The Morgan fingerprint density at radius 2 is 2.05 bits per heavy atom. The van der Waals surface area contributed by atoms with E-state index in [2.05, 4.69) is 61.1 Å². The highest BCUT2D eigenvalue weighted by molar-refractivity contribution is 9.10. The predicted octanol–water partition coefficient (Wildman–Crippen LogP) is 4.66. The monoisotopic (exact) mass is 341 g/mol. The number of ether oxygens (including phenoxy) is 1. The van der Waals surface area contributed by atoms with Crippen LogP contribution in [0.25, 0.3) is 0 Å². The molecule has 0 fully saturated rings. The Bertz CT molecular complexity index is 419. The van der Waals surface area contributed by atoms with Crippen LogP contribution in [0, 0.1) is 11.3 Å². The molecule has 1 aromatic rings. The van der Waals surface area contributed by atoms with Crippen LogP contribution in [0.5, 0.6) is 5.75 Å². The van der Waals surface area contributed by atoms with Crippen molar-refractivity contribution in [1.29, 1.82) is 0 Å². The lowest BCUT2D eigenvalue weighted by Crippen LogP contribution is -2.38. The van der Waals surface area contributed by atoms with Crippen molar-refractivity contribution in [3.05, 3.63) is 28.2 Å². The van der Waals surface area contributed by atoms with Gasteiger partial charge in [0.25, 0.3) is 0 Å². The van der Waals surface area contributed by atoms with E-state index in [4.69, 9.17) is 4.74 Å². The van der Waals surface area contributed by atoms with Crippen LogP contribution in [0.1, 0.15) is 39.7 Å². The molecule has 0 saturated carbocycles. The second-order valence-electron chi connectivity index (χ2n) is 6.12. The summed E-state index contributed by atoms with van der Waals surface area (Å²) >= 11 is 3.67. The second kappa shape index (κ2) is 8.04. The van der Waals surface area contributed by atoms with Crippen molar-refractivity contribution >= 4 is 15.9 Å². The number of rotatable bonds is 8. The van der Waals surface area contributed by atoms with Crippen LogP contribution in [0.4, 0.5) is 0 Å². The minimum absolute atomic E-state index is 0.240. The molecule has 0 aromatic heterocycles. The molecule has 1 rings (SSSR count). The molecule has 0 bridgehead atoms. The van der Waals surface area contributed by atoms with E-state index in [9.17, 15) is 0 Å². The van der Waals surface area contributed by atoms with Gasteiger partial charge in [-0.2, -0.15) is 0 Å². The van der Waals surface area contributed by atoms with E-state index < -0.39 is 0 Å². The molecule has 3 heteroatoms. The fourth-order valence-electron chi connectivity index (χ4n) is 2.27. The van der Waals surface area contributed by atoms with Gasteiger partial charge in [0.2, 0.25) is 0 Å². The van der Waals surface area contributed by atoms with Gasteiger partial charge in [0.05, 0.1) is 7.11 Å². The molecule has 0 aliphatic rings. The third-order valence-electron chi connectivity index (χ3n) is 4.20. The predicted molar refractivity (Wildman–Crippen MR) is 90.5 cm³/mol. The van der Waals surface area contributed by atoms with Crippen LogP contribution in [0.2, 0.25) is 0 Å². The number of benzene rings is 1. The zero-order chi connectivity index (χ0) is 15.2. The first-order valence-corrected chi connectivity index (χ1v) is 8.25. The van der Waals surface area contributed by atoms with Crippen molar-refractivity contribution in [2.75, 3.05) is 20.2 Å². The summed E-state index contributed by atoms with van der Waals surface area (Å²) in [6.45, 7) is 11.3. The zero-order valence-corrected chi connectivity index (χ0v) is 15.0. The first-order valence-electron chi connectivity index (χ1n) is 7.46. The Morgan fingerprint density at radius 1 is 1.35 bits per heavy atom. The molecule has 0 radical (unpaired) electrons. The van der Waals surface area contributed by atoms with E-state index in [1.807, 2.05) is 6.07 Å². The molecule has 0 saturated heterocycles. The molecule has 0 heterocycles. The quantitative estimate of drug-likeness (QED) is 0.694. The number of hydrogen-bond acceptors (Lipinski definition) is 2. The van der Waals surface area contributed by atoms with Crippen molar-refractivity contribution in [2.24, 2.45) is 11.3 Å². The van der Waals surface area contributed by atoms with E-state index in [1.54, 1.807) is 7.11 Å².